The normalized spacial score (nSPS) is 12.6. The molecule has 2 N–H and O–H groups in total. The number of aliphatic hydroxyl groups is 2. The first kappa shape index (κ1) is 36.7. The van der Waals surface area contributed by atoms with Gasteiger partial charge in [0.05, 0.1) is 26.4 Å². The quantitative estimate of drug-likeness (QED) is 0.0305. The molecule has 0 bridgehead atoms. The van der Waals surface area contributed by atoms with Gasteiger partial charge in [0.15, 0.2) is 24.1 Å². The first-order chi connectivity index (χ1) is 24.6. The molecule has 0 aliphatic heterocycles. The number of aliphatic hydroxyl groups excluding tert-OH is 2. The van der Waals surface area contributed by atoms with E-state index in [1.807, 2.05) is 36.4 Å². The molecule has 0 heterocycles. The highest BCUT2D eigenvalue weighted by Crippen LogP contribution is 2.46. The summed E-state index contributed by atoms with van der Waals surface area (Å²) in [6.07, 6.45) is 0.653. The van der Waals surface area contributed by atoms with Gasteiger partial charge in [0.1, 0.15) is 11.5 Å². The van der Waals surface area contributed by atoms with Gasteiger partial charge in [-0.3, -0.25) is 0 Å². The van der Waals surface area contributed by atoms with Crippen LogP contribution in [0.25, 0.3) is 33.4 Å². The summed E-state index contributed by atoms with van der Waals surface area (Å²) in [7, 11) is 0. The molecule has 10 heteroatoms. The zero-order valence-electron chi connectivity index (χ0n) is 28.8. The van der Waals surface area contributed by atoms with Crippen LogP contribution in [0.1, 0.15) is 37.8 Å². The van der Waals surface area contributed by atoms with Crippen LogP contribution in [0.3, 0.4) is 0 Å². The van der Waals surface area contributed by atoms with Crippen molar-refractivity contribution in [2.24, 2.45) is 0 Å². The fraction of sp³-hybridized carbons (Fsp3) is 0.268. The van der Waals surface area contributed by atoms with Crippen molar-refractivity contribution in [3.63, 3.8) is 0 Å². The highest BCUT2D eigenvalue weighted by atomic mass is 16.7. The molecular formula is C41H42O10. The van der Waals surface area contributed by atoms with E-state index < -0.39 is 36.0 Å². The minimum atomic E-state index is -0.846. The molecule has 0 radical (unpaired) electrons. The van der Waals surface area contributed by atoms with Crippen molar-refractivity contribution < 1.29 is 48.2 Å². The molecule has 0 fully saturated rings. The van der Waals surface area contributed by atoms with Gasteiger partial charge in [-0.1, -0.05) is 60.7 Å². The van der Waals surface area contributed by atoms with Crippen LogP contribution in [0, 0.1) is 0 Å². The Morgan fingerprint density at radius 3 is 1.65 bits per heavy atom. The highest BCUT2D eigenvalue weighted by molar-refractivity contribution is 5.93. The van der Waals surface area contributed by atoms with Gasteiger partial charge in [0.25, 0.3) is 0 Å². The van der Waals surface area contributed by atoms with Gasteiger partial charge in [-0.15, -0.1) is 0 Å². The van der Waals surface area contributed by atoms with Crippen molar-refractivity contribution in [2.75, 3.05) is 26.4 Å². The number of ether oxygens (including phenoxy) is 6. The monoisotopic (exact) mass is 694 g/mol. The molecule has 0 amide bonds. The Morgan fingerprint density at radius 2 is 1.12 bits per heavy atom. The third-order valence-electron chi connectivity index (χ3n) is 8.12. The van der Waals surface area contributed by atoms with Crippen LogP contribution in [-0.4, -0.2) is 61.2 Å². The van der Waals surface area contributed by atoms with Gasteiger partial charge in [0, 0.05) is 12.8 Å². The summed E-state index contributed by atoms with van der Waals surface area (Å²) in [6.45, 7) is 10.7. The summed E-state index contributed by atoms with van der Waals surface area (Å²) in [5.41, 5.74) is 9.36. The Bertz CT molecular complexity index is 1850. The van der Waals surface area contributed by atoms with Crippen LogP contribution < -0.4 is 9.47 Å². The van der Waals surface area contributed by atoms with Crippen molar-refractivity contribution in [1.29, 1.82) is 0 Å². The summed E-state index contributed by atoms with van der Waals surface area (Å²) in [5, 5.41) is 18.0. The maximum Gasteiger partial charge on any atom is 0.372 e. The minimum absolute atomic E-state index is 0.0997. The first-order valence-corrected chi connectivity index (χ1v) is 16.7. The molecule has 0 saturated carbocycles. The van der Waals surface area contributed by atoms with E-state index in [-0.39, 0.29) is 13.2 Å². The molecule has 2 unspecified atom stereocenters. The van der Waals surface area contributed by atoms with Crippen molar-refractivity contribution in [1.82, 2.24) is 0 Å². The van der Waals surface area contributed by atoms with Gasteiger partial charge in [-0.2, -0.15) is 0 Å². The topological polar surface area (TPSA) is 130 Å². The Hall–Kier alpha value is -5.58. The fourth-order valence-corrected chi connectivity index (χ4v) is 5.76. The summed E-state index contributed by atoms with van der Waals surface area (Å²) >= 11 is 0. The smallest absolute Gasteiger partial charge is 0.372 e. The number of esters is 2. The van der Waals surface area contributed by atoms with Crippen molar-refractivity contribution in [2.45, 2.75) is 45.7 Å². The van der Waals surface area contributed by atoms with Crippen molar-refractivity contribution in [3.05, 3.63) is 121 Å². The average molecular weight is 695 g/mol. The summed E-state index contributed by atoms with van der Waals surface area (Å²) < 4.78 is 33.1. The average Bonchev–Trinajstić information content (AvgIpc) is 3.50. The highest BCUT2D eigenvalue weighted by Gasteiger charge is 2.24. The zero-order chi connectivity index (χ0) is 36.3. The van der Waals surface area contributed by atoms with Gasteiger partial charge in [-0.05, 0) is 102 Å². The lowest BCUT2D eigenvalue weighted by Gasteiger charge is -2.19. The number of hydrogen-bond donors (Lipinski definition) is 2. The molecule has 4 aromatic carbocycles. The van der Waals surface area contributed by atoms with E-state index in [4.69, 9.17) is 38.6 Å². The third kappa shape index (κ3) is 9.78. The second-order valence-electron chi connectivity index (χ2n) is 11.9. The molecule has 0 spiro atoms. The second-order valence-corrected chi connectivity index (χ2v) is 11.9. The molecule has 266 valence electrons. The van der Waals surface area contributed by atoms with Crippen LogP contribution in [-0.2, 0) is 35.0 Å². The molecular weight excluding hydrogens is 652 g/mol. The van der Waals surface area contributed by atoms with Gasteiger partial charge in [0.2, 0.25) is 0 Å². The molecule has 0 saturated heterocycles. The minimum Gasteiger partial charge on any atom is -0.502 e. The maximum atomic E-state index is 11.3. The van der Waals surface area contributed by atoms with Crippen LogP contribution in [0.4, 0.5) is 0 Å². The summed E-state index contributed by atoms with van der Waals surface area (Å²) in [4.78, 5) is 22.6. The van der Waals surface area contributed by atoms with Crippen LogP contribution in [0.2, 0.25) is 0 Å². The molecule has 1 aliphatic carbocycles. The van der Waals surface area contributed by atoms with Crippen molar-refractivity contribution in [3.8, 4) is 44.9 Å². The van der Waals surface area contributed by atoms with E-state index in [1.54, 1.807) is 13.8 Å². The summed E-state index contributed by atoms with van der Waals surface area (Å²) in [6, 6.07) is 28.8. The molecule has 1 aliphatic rings. The van der Waals surface area contributed by atoms with E-state index in [9.17, 15) is 9.59 Å². The number of benzene rings is 4. The predicted octanol–water partition coefficient (Wildman–Crippen LogP) is 8.08. The Kier molecular flexibility index (Phi) is 12.5. The fourth-order valence-electron chi connectivity index (χ4n) is 5.76. The summed E-state index contributed by atoms with van der Waals surface area (Å²) in [5.74, 6) is -1.64. The number of hydrogen-bond acceptors (Lipinski definition) is 10. The van der Waals surface area contributed by atoms with Crippen LogP contribution in [0.15, 0.2) is 110 Å². The first-order valence-electron chi connectivity index (χ1n) is 16.7. The second kappa shape index (κ2) is 17.4. The predicted molar refractivity (Wildman–Crippen MR) is 192 cm³/mol. The Morgan fingerprint density at radius 1 is 0.627 bits per heavy atom. The van der Waals surface area contributed by atoms with E-state index in [0.717, 1.165) is 28.7 Å². The van der Waals surface area contributed by atoms with E-state index in [1.165, 1.54) is 22.3 Å². The SMILES string of the molecule is C=C(O)C(=O)OCCCOC(C)Oc1ccc(-c2ccc3c(c2-c2ccc(OC(C)OCCCOC(=O)C(=C)O)cc2)Cc2ccccc2-3)cc1. The Balaban J connectivity index is 1.26. The van der Waals surface area contributed by atoms with Gasteiger partial charge < -0.3 is 38.6 Å². The molecule has 10 nitrogen and oxygen atoms in total. The lowest BCUT2D eigenvalue weighted by atomic mass is 9.88. The number of carbonyl (C=O) groups is 2. The van der Waals surface area contributed by atoms with E-state index in [0.29, 0.717) is 37.6 Å². The van der Waals surface area contributed by atoms with Gasteiger partial charge in [-0.25, -0.2) is 9.59 Å². The lowest BCUT2D eigenvalue weighted by Crippen LogP contribution is -2.18. The largest absolute Gasteiger partial charge is 0.502 e. The van der Waals surface area contributed by atoms with Crippen LogP contribution in [0.5, 0.6) is 11.5 Å². The van der Waals surface area contributed by atoms with E-state index >= 15 is 0 Å². The third-order valence-corrected chi connectivity index (χ3v) is 8.12. The van der Waals surface area contributed by atoms with Gasteiger partial charge >= 0.3 is 11.9 Å². The molecule has 4 aromatic rings. The number of fused-ring (bicyclic) bond motifs is 3. The van der Waals surface area contributed by atoms with Crippen LogP contribution >= 0.6 is 0 Å². The van der Waals surface area contributed by atoms with E-state index in [2.05, 4.69) is 61.7 Å². The molecule has 51 heavy (non-hydrogen) atoms. The standard InChI is InChI=1S/C41H42O10/c1-26(42)40(44)48-23-7-21-46-28(3)50-33-15-11-30(12-16-33)36-19-20-37-35-10-6-5-9-32(35)25-38(37)39(36)31-13-17-34(18-14-31)51-29(4)47-22-8-24-49-41(45)27(2)43/h5-6,9-20,28-29,42-43H,1-2,7-8,21-25H2,3-4H3. The molecule has 2 atom stereocenters. The molecule has 0 aromatic heterocycles. The maximum absolute atomic E-state index is 11.3. The van der Waals surface area contributed by atoms with Crippen molar-refractivity contribution >= 4 is 11.9 Å². The lowest BCUT2D eigenvalue weighted by molar-refractivity contribution is -0.143. The number of carbonyl (C=O) groups excluding carboxylic acids is 2. The zero-order valence-corrected chi connectivity index (χ0v) is 28.8. The Labute approximate surface area is 297 Å². The molecule has 5 rings (SSSR count). The number of rotatable bonds is 18.